The maximum Gasteiger partial charge on any atom is 0.244 e. The van der Waals surface area contributed by atoms with Gasteiger partial charge in [-0.1, -0.05) is 19.9 Å². The number of carbonyl (C=O) groups excluding carboxylic acids is 2. The highest BCUT2D eigenvalue weighted by Gasteiger charge is 2.32. The van der Waals surface area contributed by atoms with E-state index < -0.39 is 10.0 Å². The van der Waals surface area contributed by atoms with Gasteiger partial charge in [0.05, 0.1) is 17.7 Å². The van der Waals surface area contributed by atoms with E-state index in [2.05, 4.69) is 12.2 Å². The second kappa shape index (κ2) is 10.6. The zero-order chi connectivity index (χ0) is 25.2. The number of anilines is 2. The van der Waals surface area contributed by atoms with Crippen molar-refractivity contribution < 1.29 is 22.7 Å². The fourth-order valence-electron chi connectivity index (χ4n) is 4.31. The second-order valence-corrected chi connectivity index (χ2v) is 12.5. The molecule has 2 aliphatic rings. The van der Waals surface area contributed by atoms with E-state index in [1.807, 2.05) is 6.92 Å². The first-order chi connectivity index (χ1) is 16.7. The summed E-state index contributed by atoms with van der Waals surface area (Å²) in [5.74, 6) is 0.509. The Morgan fingerprint density at radius 2 is 1.89 bits per heavy atom. The van der Waals surface area contributed by atoms with Crippen LogP contribution >= 0.6 is 11.8 Å². The van der Waals surface area contributed by atoms with Gasteiger partial charge in [-0.2, -0.15) is 4.31 Å². The smallest absolute Gasteiger partial charge is 0.244 e. The van der Waals surface area contributed by atoms with Crippen LogP contribution in [0.5, 0.6) is 5.75 Å². The third-order valence-electron chi connectivity index (χ3n) is 6.35. The Morgan fingerprint density at radius 3 is 2.60 bits per heavy atom. The van der Waals surface area contributed by atoms with Crippen molar-refractivity contribution in [3.05, 3.63) is 42.5 Å². The molecule has 0 unspecified atom stereocenters. The van der Waals surface area contributed by atoms with Gasteiger partial charge in [0.25, 0.3) is 0 Å². The minimum Gasteiger partial charge on any atom is -0.497 e. The number of carbonyl (C=O) groups is 2. The summed E-state index contributed by atoms with van der Waals surface area (Å²) in [6.07, 6.45) is 1.90. The lowest BCUT2D eigenvalue weighted by molar-refractivity contribution is -0.121. The number of nitrogens with zero attached hydrogens (tertiary/aromatic N) is 2. The van der Waals surface area contributed by atoms with Crippen molar-refractivity contribution >= 4 is 45.0 Å². The minimum absolute atomic E-state index is 0.00117. The molecule has 8 nitrogen and oxygen atoms in total. The zero-order valence-electron chi connectivity index (χ0n) is 20.2. The van der Waals surface area contributed by atoms with E-state index in [0.29, 0.717) is 36.1 Å². The van der Waals surface area contributed by atoms with Crippen LogP contribution in [0.3, 0.4) is 0 Å². The topological polar surface area (TPSA) is 96.0 Å². The predicted molar refractivity (Wildman–Crippen MR) is 138 cm³/mol. The van der Waals surface area contributed by atoms with Crippen LogP contribution in [0.1, 0.15) is 33.1 Å². The van der Waals surface area contributed by atoms with Crippen LogP contribution in [0.2, 0.25) is 0 Å². The molecule has 0 saturated carbocycles. The molecule has 1 N–H and O–H groups in total. The average Bonchev–Trinajstić information content (AvgIpc) is 2.94. The number of thioether (sulfide) groups is 1. The Kier molecular flexibility index (Phi) is 7.73. The Labute approximate surface area is 211 Å². The molecule has 35 heavy (non-hydrogen) atoms. The van der Waals surface area contributed by atoms with E-state index in [1.54, 1.807) is 49.6 Å². The van der Waals surface area contributed by atoms with Crippen LogP contribution in [-0.2, 0) is 19.6 Å². The molecule has 2 aromatic carbocycles. The summed E-state index contributed by atoms with van der Waals surface area (Å²) in [4.78, 5) is 28.4. The normalized spacial score (nSPS) is 19.7. The monoisotopic (exact) mass is 517 g/mol. The van der Waals surface area contributed by atoms with Gasteiger partial charge in [0, 0.05) is 41.4 Å². The first kappa shape index (κ1) is 25.5. The maximum absolute atomic E-state index is 13.4. The first-order valence-corrected chi connectivity index (χ1v) is 14.0. The maximum atomic E-state index is 13.4. The molecule has 1 atom stereocenters. The number of hydrogen-bond acceptors (Lipinski definition) is 6. The lowest BCUT2D eigenvalue weighted by Crippen LogP contribution is -2.39. The molecular formula is C25H31N3O5S2. The number of fused-ring (bicyclic) bond motifs is 1. The molecular weight excluding hydrogens is 486 g/mol. The Morgan fingerprint density at radius 1 is 1.14 bits per heavy atom. The fourth-order valence-corrected chi connectivity index (χ4v) is 6.90. The molecule has 0 radical (unpaired) electrons. The van der Waals surface area contributed by atoms with Crippen LogP contribution in [0.4, 0.5) is 11.4 Å². The van der Waals surface area contributed by atoms with E-state index in [1.165, 1.54) is 21.0 Å². The van der Waals surface area contributed by atoms with Gasteiger partial charge in [0.15, 0.2) is 0 Å². The summed E-state index contributed by atoms with van der Waals surface area (Å²) < 4.78 is 33.4. The molecule has 2 amide bonds. The highest BCUT2D eigenvalue weighted by Crippen LogP contribution is 2.40. The van der Waals surface area contributed by atoms with Crippen molar-refractivity contribution in [2.45, 2.75) is 48.2 Å². The quantitative estimate of drug-likeness (QED) is 0.623. The first-order valence-electron chi connectivity index (χ1n) is 11.7. The number of piperidine rings is 1. The number of sulfonamides is 1. The van der Waals surface area contributed by atoms with Gasteiger partial charge in [-0.05, 0) is 49.1 Å². The van der Waals surface area contributed by atoms with Gasteiger partial charge in [-0.3, -0.25) is 9.59 Å². The van der Waals surface area contributed by atoms with E-state index >= 15 is 0 Å². The third kappa shape index (κ3) is 5.82. The number of amides is 2. The number of nitrogens with one attached hydrogen (secondary N) is 1. The zero-order valence-corrected chi connectivity index (χ0v) is 21.8. The van der Waals surface area contributed by atoms with Crippen molar-refractivity contribution in [1.82, 2.24) is 4.31 Å². The van der Waals surface area contributed by atoms with Gasteiger partial charge < -0.3 is 15.0 Å². The van der Waals surface area contributed by atoms with Crippen LogP contribution in [0.25, 0.3) is 0 Å². The van der Waals surface area contributed by atoms with Gasteiger partial charge >= 0.3 is 0 Å². The van der Waals surface area contributed by atoms with E-state index in [0.717, 1.165) is 17.7 Å². The fraction of sp³-hybridized carbons (Fsp3) is 0.440. The van der Waals surface area contributed by atoms with E-state index in [4.69, 9.17) is 4.74 Å². The lowest BCUT2D eigenvalue weighted by atomic mass is 10.0. The van der Waals surface area contributed by atoms with Crippen LogP contribution in [0.15, 0.2) is 52.3 Å². The molecule has 0 spiro atoms. The Hall–Kier alpha value is -2.56. The SMILES string of the molecule is COc1cccc(NC(=O)CN2C(=O)C[C@H](C)Sc3ccc(S(=O)(=O)N4CCC(C)CC4)cc32)c1. The average molecular weight is 518 g/mol. The van der Waals surface area contributed by atoms with Gasteiger partial charge in [-0.25, -0.2) is 8.42 Å². The molecule has 1 saturated heterocycles. The molecule has 1 fully saturated rings. The van der Waals surface area contributed by atoms with Crippen molar-refractivity contribution in [3.63, 3.8) is 0 Å². The van der Waals surface area contributed by atoms with Gasteiger partial charge in [0.2, 0.25) is 21.8 Å². The second-order valence-electron chi connectivity index (χ2n) is 9.11. The summed E-state index contributed by atoms with van der Waals surface area (Å²) in [6, 6.07) is 11.9. The van der Waals surface area contributed by atoms with Gasteiger partial charge in [0.1, 0.15) is 12.3 Å². The predicted octanol–water partition coefficient (Wildman–Crippen LogP) is 3.97. The molecule has 2 heterocycles. The molecule has 2 aliphatic heterocycles. The third-order valence-corrected chi connectivity index (χ3v) is 9.41. The number of hydrogen-bond donors (Lipinski definition) is 1. The minimum atomic E-state index is -3.70. The van der Waals surface area contributed by atoms with Gasteiger partial charge in [-0.15, -0.1) is 11.8 Å². The van der Waals surface area contributed by atoms with Crippen molar-refractivity contribution in [2.75, 3.05) is 37.0 Å². The van der Waals surface area contributed by atoms with E-state index in [9.17, 15) is 18.0 Å². The number of benzene rings is 2. The molecule has 4 rings (SSSR count). The van der Waals surface area contributed by atoms with Crippen molar-refractivity contribution in [2.24, 2.45) is 5.92 Å². The van der Waals surface area contributed by atoms with Crippen LogP contribution in [0, 0.1) is 5.92 Å². The summed E-state index contributed by atoms with van der Waals surface area (Å²) in [5, 5.41) is 2.80. The summed E-state index contributed by atoms with van der Waals surface area (Å²) >= 11 is 1.51. The largest absolute Gasteiger partial charge is 0.497 e. The van der Waals surface area contributed by atoms with Crippen molar-refractivity contribution in [1.29, 1.82) is 0 Å². The standard InChI is InChI=1S/C25H31N3O5S2/c1-17-9-11-27(12-10-17)35(31,32)21-7-8-23-22(15-21)28(25(30)13-18(2)34-23)16-24(29)26-19-5-4-6-20(14-19)33-3/h4-8,14-15,17-18H,9-13,16H2,1-3H3,(H,26,29)/t18-/m0/s1. The molecule has 2 aromatic rings. The highest BCUT2D eigenvalue weighted by molar-refractivity contribution is 8.00. The number of methoxy groups -OCH3 is 1. The highest BCUT2D eigenvalue weighted by atomic mass is 32.2. The molecule has 10 heteroatoms. The van der Waals surface area contributed by atoms with Crippen molar-refractivity contribution in [3.8, 4) is 5.75 Å². The van der Waals surface area contributed by atoms with Crippen LogP contribution < -0.4 is 15.0 Å². The molecule has 188 valence electrons. The molecule has 0 aromatic heterocycles. The number of ether oxygens (including phenoxy) is 1. The summed E-state index contributed by atoms with van der Waals surface area (Å²) in [5.41, 5.74) is 1.01. The summed E-state index contributed by atoms with van der Waals surface area (Å²) in [6.45, 7) is 4.83. The Balaban J connectivity index is 1.62. The molecule has 0 bridgehead atoms. The van der Waals surface area contributed by atoms with Crippen LogP contribution in [-0.4, -0.2) is 56.5 Å². The lowest BCUT2D eigenvalue weighted by Gasteiger charge is -2.30. The number of rotatable bonds is 6. The molecule has 0 aliphatic carbocycles. The Bertz CT molecular complexity index is 1210. The van der Waals surface area contributed by atoms with E-state index in [-0.39, 0.29) is 34.9 Å². The summed E-state index contributed by atoms with van der Waals surface area (Å²) in [7, 11) is -2.15.